The van der Waals surface area contributed by atoms with E-state index in [4.69, 9.17) is 9.47 Å². The number of hydrogen-bond acceptors (Lipinski definition) is 6. The summed E-state index contributed by atoms with van der Waals surface area (Å²) in [5.41, 5.74) is 0.776. The Morgan fingerprint density at radius 3 is 1.62 bits per heavy atom. The van der Waals surface area contributed by atoms with Crippen molar-refractivity contribution in [2.75, 3.05) is 0 Å². The summed E-state index contributed by atoms with van der Waals surface area (Å²) in [7, 11) is 0. The van der Waals surface area contributed by atoms with Crippen LogP contribution in [0.4, 0.5) is 0 Å². The van der Waals surface area contributed by atoms with Gasteiger partial charge < -0.3 is 9.47 Å². The van der Waals surface area contributed by atoms with Crippen LogP contribution in [0.2, 0.25) is 0 Å². The first kappa shape index (κ1) is 19.6. The fraction of sp³-hybridized carbons (Fsp3) is 0.478. The first-order valence-corrected chi connectivity index (χ1v) is 10.4. The molecule has 1 saturated heterocycles. The number of nitrogens with zero attached hydrogens (tertiary/aromatic N) is 2. The lowest BCUT2D eigenvalue weighted by molar-refractivity contribution is -0.271. The van der Waals surface area contributed by atoms with Crippen LogP contribution in [0.3, 0.4) is 0 Å². The second-order valence-electron chi connectivity index (χ2n) is 8.04. The zero-order chi connectivity index (χ0) is 20.2. The van der Waals surface area contributed by atoms with Gasteiger partial charge >= 0.3 is 11.9 Å². The van der Waals surface area contributed by atoms with Gasteiger partial charge in [-0.15, -0.1) is 0 Å². The maximum Gasteiger partial charge on any atom is 0.326 e. The molecule has 0 radical (unpaired) electrons. The third kappa shape index (κ3) is 4.16. The standard InChI is InChI=1S/C23H26N2O4/c26-20-22(12-4-18-6-14-24-15-7-18,13-5-19-8-16-25-17-9-19)21(27)29-23(28-20)10-2-1-3-11-23/h6-9,14-17H,1-5,10-13H2. The van der Waals surface area contributed by atoms with E-state index >= 15 is 0 Å². The zero-order valence-electron chi connectivity index (χ0n) is 16.5. The summed E-state index contributed by atoms with van der Waals surface area (Å²) in [6.07, 6.45) is 12.8. The molecule has 2 fully saturated rings. The normalized spacial score (nSPS) is 20.1. The quantitative estimate of drug-likeness (QED) is 0.548. The minimum absolute atomic E-state index is 0.357. The van der Waals surface area contributed by atoms with E-state index in [1.54, 1.807) is 24.8 Å². The van der Waals surface area contributed by atoms with Crippen molar-refractivity contribution >= 4 is 11.9 Å². The Morgan fingerprint density at radius 1 is 0.724 bits per heavy atom. The van der Waals surface area contributed by atoms with Crippen molar-refractivity contribution in [1.82, 2.24) is 9.97 Å². The molecule has 0 unspecified atom stereocenters. The molecule has 2 aromatic rings. The molecule has 0 aromatic carbocycles. The van der Waals surface area contributed by atoms with Gasteiger partial charge in [-0.05, 0) is 73.9 Å². The third-order valence-electron chi connectivity index (χ3n) is 6.13. The van der Waals surface area contributed by atoms with E-state index < -0.39 is 23.1 Å². The van der Waals surface area contributed by atoms with Crippen LogP contribution in [0.15, 0.2) is 49.1 Å². The highest BCUT2D eigenvalue weighted by Gasteiger charge is 2.58. The van der Waals surface area contributed by atoms with Crippen LogP contribution >= 0.6 is 0 Å². The number of aryl methyl sites for hydroxylation is 2. The SMILES string of the molecule is O=C1OC2(CCCCC2)OC(=O)C1(CCc1ccncc1)CCc1ccncc1. The van der Waals surface area contributed by atoms with Crippen LogP contribution in [-0.2, 0) is 31.9 Å². The van der Waals surface area contributed by atoms with E-state index in [0.717, 1.165) is 30.4 Å². The molecule has 0 atom stereocenters. The minimum Gasteiger partial charge on any atom is -0.422 e. The number of esters is 2. The molecular formula is C23H26N2O4. The maximum absolute atomic E-state index is 13.3. The highest BCUT2D eigenvalue weighted by Crippen LogP contribution is 2.45. The molecule has 29 heavy (non-hydrogen) atoms. The second kappa shape index (κ2) is 8.31. The van der Waals surface area contributed by atoms with Crippen LogP contribution in [0.1, 0.15) is 56.1 Å². The summed E-state index contributed by atoms with van der Waals surface area (Å²) < 4.78 is 11.7. The van der Waals surface area contributed by atoms with Crippen LogP contribution in [0.5, 0.6) is 0 Å². The average Bonchev–Trinajstić information content (AvgIpc) is 2.75. The van der Waals surface area contributed by atoms with Crippen LogP contribution in [0.25, 0.3) is 0 Å². The molecule has 6 heteroatoms. The summed E-state index contributed by atoms with van der Waals surface area (Å²) >= 11 is 0. The summed E-state index contributed by atoms with van der Waals surface area (Å²) in [6.45, 7) is 0. The smallest absolute Gasteiger partial charge is 0.326 e. The molecule has 1 aliphatic heterocycles. The molecule has 0 amide bonds. The number of hydrogen-bond donors (Lipinski definition) is 0. The third-order valence-corrected chi connectivity index (χ3v) is 6.13. The highest BCUT2D eigenvalue weighted by atomic mass is 16.7. The Bertz CT molecular complexity index is 782. The Balaban J connectivity index is 1.56. The summed E-state index contributed by atoms with van der Waals surface area (Å²) in [6, 6.07) is 7.61. The lowest BCUT2D eigenvalue weighted by Gasteiger charge is -2.45. The minimum atomic E-state index is -1.28. The monoisotopic (exact) mass is 394 g/mol. The van der Waals surface area contributed by atoms with Gasteiger partial charge in [-0.3, -0.25) is 19.6 Å². The molecule has 3 heterocycles. The topological polar surface area (TPSA) is 78.4 Å². The molecule has 152 valence electrons. The van der Waals surface area contributed by atoms with Gasteiger partial charge in [0.1, 0.15) is 0 Å². The molecule has 1 aliphatic carbocycles. The predicted octanol–water partition coefficient (Wildman–Crippen LogP) is 3.79. The average molecular weight is 394 g/mol. The van der Waals surface area contributed by atoms with E-state index in [1.807, 2.05) is 24.3 Å². The lowest BCUT2D eigenvalue weighted by atomic mass is 9.76. The van der Waals surface area contributed by atoms with Gasteiger partial charge in [-0.2, -0.15) is 0 Å². The number of carbonyl (C=O) groups excluding carboxylic acids is 2. The summed E-state index contributed by atoms with van der Waals surface area (Å²) in [4.78, 5) is 34.7. The number of rotatable bonds is 6. The number of ether oxygens (including phenoxy) is 2. The Kier molecular flexibility index (Phi) is 5.60. The number of aromatic nitrogens is 2. The Hall–Kier alpha value is -2.76. The fourth-order valence-corrected chi connectivity index (χ4v) is 4.28. The molecule has 2 aliphatic rings. The van der Waals surface area contributed by atoms with Crippen molar-refractivity contribution < 1.29 is 19.1 Å². The molecule has 6 nitrogen and oxygen atoms in total. The van der Waals surface area contributed by atoms with Gasteiger partial charge in [0.05, 0.1) is 0 Å². The van der Waals surface area contributed by atoms with Crippen LogP contribution < -0.4 is 0 Å². The predicted molar refractivity (Wildman–Crippen MR) is 106 cm³/mol. The van der Waals surface area contributed by atoms with Crippen molar-refractivity contribution in [3.8, 4) is 0 Å². The number of pyridine rings is 2. The van der Waals surface area contributed by atoms with E-state index in [1.165, 1.54) is 0 Å². The van der Waals surface area contributed by atoms with Crippen molar-refractivity contribution in [2.45, 2.75) is 63.6 Å². The Labute approximate surface area is 170 Å². The largest absolute Gasteiger partial charge is 0.422 e. The van der Waals surface area contributed by atoms with Crippen molar-refractivity contribution in [3.05, 3.63) is 60.2 Å². The second-order valence-corrected chi connectivity index (χ2v) is 8.04. The molecule has 1 saturated carbocycles. The zero-order valence-corrected chi connectivity index (χ0v) is 16.5. The number of carbonyl (C=O) groups is 2. The van der Waals surface area contributed by atoms with Crippen molar-refractivity contribution in [1.29, 1.82) is 0 Å². The first-order valence-electron chi connectivity index (χ1n) is 10.4. The highest BCUT2D eigenvalue weighted by molar-refractivity contribution is 6.01. The van der Waals surface area contributed by atoms with Crippen LogP contribution in [0, 0.1) is 5.41 Å². The van der Waals surface area contributed by atoms with Gasteiger partial charge in [0.25, 0.3) is 5.79 Å². The van der Waals surface area contributed by atoms with Crippen LogP contribution in [-0.4, -0.2) is 27.7 Å². The summed E-state index contributed by atoms with van der Waals surface area (Å²) in [5, 5.41) is 0. The van der Waals surface area contributed by atoms with E-state index in [9.17, 15) is 9.59 Å². The van der Waals surface area contributed by atoms with Gasteiger partial charge in [0, 0.05) is 37.6 Å². The first-order chi connectivity index (χ1) is 14.1. The van der Waals surface area contributed by atoms with Gasteiger partial charge in [0.2, 0.25) is 0 Å². The lowest BCUT2D eigenvalue weighted by Crippen LogP contribution is -2.57. The molecule has 0 bridgehead atoms. The van der Waals surface area contributed by atoms with Gasteiger partial charge in [0.15, 0.2) is 5.41 Å². The van der Waals surface area contributed by atoms with E-state index in [2.05, 4.69) is 9.97 Å². The molecular weight excluding hydrogens is 368 g/mol. The molecule has 0 N–H and O–H groups in total. The van der Waals surface area contributed by atoms with Crippen molar-refractivity contribution in [3.63, 3.8) is 0 Å². The molecule has 1 spiro atoms. The maximum atomic E-state index is 13.3. The van der Waals surface area contributed by atoms with E-state index in [-0.39, 0.29) is 0 Å². The fourth-order valence-electron chi connectivity index (χ4n) is 4.28. The molecule has 2 aromatic heterocycles. The van der Waals surface area contributed by atoms with Crippen molar-refractivity contribution in [2.24, 2.45) is 5.41 Å². The van der Waals surface area contributed by atoms with Gasteiger partial charge in [-0.1, -0.05) is 6.42 Å². The Morgan fingerprint density at radius 2 is 1.17 bits per heavy atom. The summed E-state index contributed by atoms with van der Waals surface area (Å²) in [5.74, 6) is -1.92. The molecule has 4 rings (SSSR count). The van der Waals surface area contributed by atoms with E-state index in [0.29, 0.717) is 38.5 Å². The van der Waals surface area contributed by atoms with Gasteiger partial charge in [-0.25, -0.2) is 0 Å².